The summed E-state index contributed by atoms with van der Waals surface area (Å²) < 4.78 is 36.1. The van der Waals surface area contributed by atoms with E-state index in [9.17, 15) is 18.0 Å². The molecule has 0 aromatic rings. The molecule has 2 N–H and O–H groups in total. The SMILES string of the molecule is CC(C)CN(CCC(N)=S)C(=O)CCC(F)(F)F. The van der Waals surface area contributed by atoms with Gasteiger partial charge < -0.3 is 10.6 Å². The third-order valence-electron chi connectivity index (χ3n) is 2.19. The van der Waals surface area contributed by atoms with Crippen LogP contribution in [0.4, 0.5) is 13.2 Å². The Morgan fingerprint density at radius 2 is 1.89 bits per heavy atom. The highest BCUT2D eigenvalue weighted by Gasteiger charge is 2.29. The molecule has 0 bridgehead atoms. The third-order valence-corrected chi connectivity index (χ3v) is 2.39. The van der Waals surface area contributed by atoms with Crippen LogP contribution in [-0.4, -0.2) is 35.1 Å². The van der Waals surface area contributed by atoms with E-state index in [0.29, 0.717) is 13.0 Å². The van der Waals surface area contributed by atoms with Crippen LogP contribution < -0.4 is 5.73 Å². The van der Waals surface area contributed by atoms with Crippen molar-refractivity contribution in [3.8, 4) is 0 Å². The van der Waals surface area contributed by atoms with Crippen molar-refractivity contribution in [2.75, 3.05) is 13.1 Å². The number of nitrogens with zero attached hydrogens (tertiary/aromatic N) is 1. The van der Waals surface area contributed by atoms with Gasteiger partial charge in [0.05, 0.1) is 11.4 Å². The molecule has 0 spiro atoms. The molecule has 0 unspecified atom stereocenters. The molecule has 0 fully saturated rings. The minimum absolute atomic E-state index is 0.186. The highest BCUT2D eigenvalue weighted by atomic mass is 32.1. The van der Waals surface area contributed by atoms with Gasteiger partial charge in [-0.05, 0) is 5.92 Å². The minimum Gasteiger partial charge on any atom is -0.393 e. The van der Waals surface area contributed by atoms with E-state index in [0.717, 1.165) is 0 Å². The molecule has 106 valence electrons. The van der Waals surface area contributed by atoms with Gasteiger partial charge in [0.1, 0.15) is 0 Å². The number of hydrogen-bond donors (Lipinski definition) is 1. The van der Waals surface area contributed by atoms with Crippen LogP contribution in [0.25, 0.3) is 0 Å². The van der Waals surface area contributed by atoms with Crippen LogP contribution in [0, 0.1) is 5.92 Å². The molecule has 3 nitrogen and oxygen atoms in total. The molecule has 0 saturated carbocycles. The van der Waals surface area contributed by atoms with Crippen molar-refractivity contribution < 1.29 is 18.0 Å². The lowest BCUT2D eigenvalue weighted by atomic mass is 10.1. The Bertz CT molecular complexity index is 293. The molecule has 0 aliphatic carbocycles. The quantitative estimate of drug-likeness (QED) is 0.731. The number of halogens is 3. The predicted molar refractivity (Wildman–Crippen MR) is 68.1 cm³/mol. The van der Waals surface area contributed by atoms with E-state index in [4.69, 9.17) is 18.0 Å². The molecule has 0 radical (unpaired) electrons. The number of hydrogen-bond acceptors (Lipinski definition) is 2. The smallest absolute Gasteiger partial charge is 0.389 e. The number of thiocarbonyl (C=S) groups is 1. The molecule has 0 saturated heterocycles. The van der Waals surface area contributed by atoms with Crippen molar-refractivity contribution in [1.82, 2.24) is 4.90 Å². The molecule has 0 atom stereocenters. The van der Waals surface area contributed by atoms with Crippen molar-refractivity contribution in [1.29, 1.82) is 0 Å². The Hall–Kier alpha value is -0.850. The first-order chi connectivity index (χ1) is 8.11. The average molecular weight is 284 g/mol. The van der Waals surface area contributed by atoms with Gasteiger partial charge in [-0.1, -0.05) is 26.1 Å². The Kier molecular flexibility index (Phi) is 7.20. The Morgan fingerprint density at radius 1 is 1.33 bits per heavy atom. The first-order valence-electron chi connectivity index (χ1n) is 5.74. The van der Waals surface area contributed by atoms with Gasteiger partial charge in [-0.2, -0.15) is 13.2 Å². The molecule has 7 heteroatoms. The van der Waals surface area contributed by atoms with E-state index >= 15 is 0 Å². The van der Waals surface area contributed by atoms with Crippen molar-refractivity contribution in [3.05, 3.63) is 0 Å². The number of nitrogens with two attached hydrogens (primary N) is 1. The van der Waals surface area contributed by atoms with Gasteiger partial charge in [0.15, 0.2) is 0 Å². The number of carbonyl (C=O) groups excluding carboxylic acids is 1. The molecule has 1 amide bonds. The zero-order valence-electron chi connectivity index (χ0n) is 10.6. The summed E-state index contributed by atoms with van der Waals surface area (Å²) >= 11 is 4.70. The first kappa shape index (κ1) is 17.2. The minimum atomic E-state index is -4.30. The van der Waals surface area contributed by atoms with Crippen molar-refractivity contribution in [3.63, 3.8) is 0 Å². The van der Waals surface area contributed by atoms with Crippen LogP contribution in [0.3, 0.4) is 0 Å². The van der Waals surface area contributed by atoms with Gasteiger partial charge in [0.2, 0.25) is 5.91 Å². The second kappa shape index (κ2) is 7.56. The standard InChI is InChI=1S/C11H19F3N2OS/c1-8(2)7-16(6-4-9(15)18)10(17)3-5-11(12,13)14/h8H,3-7H2,1-2H3,(H2,15,18). The maximum atomic E-state index is 12.0. The second-order valence-corrected chi connectivity index (χ2v) is 5.09. The zero-order valence-corrected chi connectivity index (χ0v) is 11.4. The number of alkyl halides is 3. The molecule has 18 heavy (non-hydrogen) atoms. The normalized spacial score (nSPS) is 11.7. The first-order valence-corrected chi connectivity index (χ1v) is 6.15. The molecule has 0 aromatic carbocycles. The summed E-state index contributed by atoms with van der Waals surface area (Å²) in [5, 5.41) is 0. The van der Waals surface area contributed by atoms with Crippen LogP contribution in [0.5, 0.6) is 0 Å². The maximum absolute atomic E-state index is 12.0. The van der Waals surface area contributed by atoms with E-state index in [1.807, 2.05) is 13.8 Å². The second-order valence-electron chi connectivity index (χ2n) is 4.57. The lowest BCUT2D eigenvalue weighted by Crippen LogP contribution is -2.37. The van der Waals surface area contributed by atoms with Crippen LogP contribution in [0.15, 0.2) is 0 Å². The lowest BCUT2D eigenvalue weighted by Gasteiger charge is -2.24. The fourth-order valence-corrected chi connectivity index (χ4v) is 1.50. The molecular formula is C11H19F3N2OS. The molecule has 0 aliphatic rings. The fourth-order valence-electron chi connectivity index (χ4n) is 1.41. The molecule has 0 rings (SSSR count). The summed E-state index contributed by atoms with van der Waals surface area (Å²) in [7, 11) is 0. The summed E-state index contributed by atoms with van der Waals surface area (Å²) in [4.78, 5) is 13.3. The molecular weight excluding hydrogens is 265 g/mol. The summed E-state index contributed by atoms with van der Waals surface area (Å²) in [5.41, 5.74) is 5.33. The highest BCUT2D eigenvalue weighted by molar-refractivity contribution is 7.80. The van der Waals surface area contributed by atoms with Crippen LogP contribution in [0.1, 0.15) is 33.1 Å². The van der Waals surface area contributed by atoms with Gasteiger partial charge in [0, 0.05) is 25.9 Å². The number of carbonyl (C=O) groups is 1. The third kappa shape index (κ3) is 9.21. The van der Waals surface area contributed by atoms with Gasteiger partial charge in [-0.25, -0.2) is 0 Å². The number of rotatable bonds is 7. The molecule has 0 aromatic heterocycles. The maximum Gasteiger partial charge on any atom is 0.389 e. The van der Waals surface area contributed by atoms with E-state index in [2.05, 4.69) is 0 Å². The van der Waals surface area contributed by atoms with Crippen molar-refractivity contribution >= 4 is 23.1 Å². The lowest BCUT2D eigenvalue weighted by molar-refractivity contribution is -0.149. The van der Waals surface area contributed by atoms with Crippen LogP contribution in [-0.2, 0) is 4.79 Å². The van der Waals surface area contributed by atoms with E-state index < -0.39 is 24.9 Å². The summed E-state index contributed by atoms with van der Waals surface area (Å²) in [6.45, 7) is 4.49. The Labute approximate surface area is 111 Å². The monoisotopic (exact) mass is 284 g/mol. The van der Waals surface area contributed by atoms with E-state index in [1.54, 1.807) is 0 Å². The fraction of sp³-hybridized carbons (Fsp3) is 0.818. The van der Waals surface area contributed by atoms with Gasteiger partial charge in [-0.3, -0.25) is 4.79 Å². The largest absolute Gasteiger partial charge is 0.393 e. The van der Waals surface area contributed by atoms with Crippen molar-refractivity contribution in [2.45, 2.75) is 39.3 Å². The van der Waals surface area contributed by atoms with Crippen LogP contribution >= 0.6 is 12.2 Å². The zero-order chi connectivity index (χ0) is 14.3. The van der Waals surface area contributed by atoms with Gasteiger partial charge in [-0.15, -0.1) is 0 Å². The Morgan fingerprint density at radius 3 is 2.28 bits per heavy atom. The summed E-state index contributed by atoms with van der Waals surface area (Å²) in [6, 6.07) is 0. The average Bonchev–Trinajstić information content (AvgIpc) is 2.19. The molecule has 0 heterocycles. The topological polar surface area (TPSA) is 46.3 Å². The highest BCUT2D eigenvalue weighted by Crippen LogP contribution is 2.22. The summed E-state index contributed by atoms with van der Waals surface area (Å²) in [5.74, 6) is -0.316. The van der Waals surface area contributed by atoms with Gasteiger partial charge >= 0.3 is 6.18 Å². The summed E-state index contributed by atoms with van der Waals surface area (Å²) in [6.07, 6.45) is -5.58. The van der Waals surface area contributed by atoms with Gasteiger partial charge in [0.25, 0.3) is 0 Å². The number of amides is 1. The van der Waals surface area contributed by atoms with E-state index in [1.165, 1.54) is 4.90 Å². The predicted octanol–water partition coefficient (Wildman–Crippen LogP) is 2.49. The molecule has 0 aliphatic heterocycles. The van der Waals surface area contributed by atoms with E-state index in [-0.39, 0.29) is 17.5 Å². The van der Waals surface area contributed by atoms with Crippen LogP contribution in [0.2, 0.25) is 0 Å². The van der Waals surface area contributed by atoms with Crippen molar-refractivity contribution in [2.24, 2.45) is 11.7 Å². The Balaban J connectivity index is 4.35.